The summed E-state index contributed by atoms with van der Waals surface area (Å²) >= 11 is 0. The van der Waals surface area contributed by atoms with Crippen molar-refractivity contribution in [1.29, 1.82) is 0 Å². The van der Waals surface area contributed by atoms with Gasteiger partial charge in [0.2, 0.25) is 0 Å². The third-order valence-corrected chi connectivity index (χ3v) is 2.92. The fourth-order valence-corrected chi connectivity index (χ4v) is 1.89. The van der Waals surface area contributed by atoms with Gasteiger partial charge in [0.05, 0.1) is 0 Å². The van der Waals surface area contributed by atoms with Crippen LogP contribution in [0.4, 0.5) is 17.6 Å². The first-order chi connectivity index (χ1) is 7.93. The lowest BCUT2D eigenvalue weighted by Gasteiger charge is -2.21. The zero-order valence-corrected chi connectivity index (χ0v) is 9.43. The first-order valence-corrected chi connectivity index (χ1v) is 5.70. The molecule has 1 fully saturated rings. The van der Waals surface area contributed by atoms with Gasteiger partial charge in [-0.1, -0.05) is 19.3 Å². The summed E-state index contributed by atoms with van der Waals surface area (Å²) in [5.41, 5.74) is 0. The Morgan fingerprint density at radius 2 is 1.82 bits per heavy atom. The Hall–Kier alpha value is -0.650. The Kier molecular flexibility index (Phi) is 5.36. The van der Waals surface area contributed by atoms with E-state index in [9.17, 15) is 22.4 Å². The summed E-state index contributed by atoms with van der Waals surface area (Å²) in [5.74, 6) is -4.58. The third-order valence-electron chi connectivity index (χ3n) is 2.92. The van der Waals surface area contributed by atoms with E-state index in [4.69, 9.17) is 0 Å². The van der Waals surface area contributed by atoms with Gasteiger partial charge in [0.15, 0.2) is 5.78 Å². The number of Topliss-reactive ketones (excluding diaryl/α,β-unsaturated/α-hetero) is 1. The summed E-state index contributed by atoms with van der Waals surface area (Å²) in [6, 6.07) is 0. The first kappa shape index (κ1) is 14.4. The highest BCUT2D eigenvalue weighted by molar-refractivity contribution is 5.82. The van der Waals surface area contributed by atoms with Crippen LogP contribution in [0.2, 0.25) is 0 Å². The summed E-state index contributed by atoms with van der Waals surface area (Å²) < 4.78 is 52.9. The molecule has 0 aromatic heterocycles. The van der Waals surface area contributed by atoms with Crippen LogP contribution in [0.5, 0.6) is 0 Å². The van der Waals surface area contributed by atoms with Crippen molar-refractivity contribution in [3.63, 3.8) is 0 Å². The monoisotopic (exact) mass is 256 g/mol. The molecule has 0 aromatic carbocycles. The molecule has 1 aliphatic carbocycles. The molecule has 17 heavy (non-hydrogen) atoms. The lowest BCUT2D eigenvalue weighted by molar-refractivity contribution is -0.169. The molecule has 0 amide bonds. The predicted molar refractivity (Wildman–Crippen MR) is 53.4 cm³/mol. The van der Waals surface area contributed by atoms with E-state index in [1.165, 1.54) is 0 Å². The predicted octanol–water partition coefficient (Wildman–Crippen LogP) is 3.05. The van der Waals surface area contributed by atoms with Crippen LogP contribution in [0.25, 0.3) is 0 Å². The fourth-order valence-electron chi connectivity index (χ4n) is 1.89. The number of carbonyl (C=O) groups is 1. The van der Waals surface area contributed by atoms with Crippen LogP contribution in [-0.2, 0) is 9.53 Å². The number of rotatable bonds is 6. The Morgan fingerprint density at radius 1 is 1.24 bits per heavy atom. The molecular weight excluding hydrogens is 240 g/mol. The van der Waals surface area contributed by atoms with Gasteiger partial charge in [-0.15, -0.1) is 0 Å². The fraction of sp³-hybridized carbons (Fsp3) is 0.909. The maximum atomic E-state index is 12.5. The molecule has 1 rings (SSSR count). The number of ketones is 1. The van der Waals surface area contributed by atoms with E-state index in [1.54, 1.807) is 0 Å². The minimum absolute atomic E-state index is 0.149. The molecule has 0 saturated heterocycles. The number of carbonyl (C=O) groups excluding carboxylic acids is 1. The summed E-state index contributed by atoms with van der Waals surface area (Å²) in [5, 5.41) is 0. The number of ether oxygens (including phenoxy) is 1. The molecule has 0 aromatic rings. The molecule has 0 unspecified atom stereocenters. The summed E-state index contributed by atoms with van der Waals surface area (Å²) in [6.07, 6.45) is 0.703. The number of hydrogen-bond acceptors (Lipinski definition) is 2. The molecule has 0 aliphatic heterocycles. The Bertz CT molecular complexity index is 250. The Labute approximate surface area is 97.3 Å². The SMILES string of the molecule is O=C(COCC(F)(F)C(F)F)C1CCCCC1. The third kappa shape index (κ3) is 4.61. The van der Waals surface area contributed by atoms with Gasteiger partial charge in [0, 0.05) is 5.92 Å². The second-order valence-corrected chi connectivity index (χ2v) is 4.36. The van der Waals surface area contributed by atoms with E-state index in [-0.39, 0.29) is 11.7 Å². The van der Waals surface area contributed by atoms with Crippen molar-refractivity contribution in [2.75, 3.05) is 13.2 Å². The van der Waals surface area contributed by atoms with E-state index in [0.717, 1.165) is 32.1 Å². The highest BCUT2D eigenvalue weighted by Gasteiger charge is 2.41. The zero-order valence-electron chi connectivity index (χ0n) is 9.43. The Morgan fingerprint density at radius 3 is 2.35 bits per heavy atom. The van der Waals surface area contributed by atoms with Crippen molar-refractivity contribution in [3.05, 3.63) is 0 Å². The van der Waals surface area contributed by atoms with Gasteiger partial charge in [0.25, 0.3) is 0 Å². The molecule has 100 valence electrons. The van der Waals surface area contributed by atoms with Gasteiger partial charge in [0.1, 0.15) is 13.2 Å². The molecule has 1 saturated carbocycles. The molecule has 0 spiro atoms. The molecule has 1 aliphatic rings. The highest BCUT2D eigenvalue weighted by atomic mass is 19.3. The number of alkyl halides is 4. The smallest absolute Gasteiger partial charge is 0.330 e. The van der Waals surface area contributed by atoms with Gasteiger partial charge >= 0.3 is 12.3 Å². The zero-order chi connectivity index (χ0) is 12.9. The number of hydrogen-bond donors (Lipinski definition) is 0. The van der Waals surface area contributed by atoms with Crippen molar-refractivity contribution in [1.82, 2.24) is 0 Å². The standard InChI is InChI=1S/C11H16F4O2/c12-10(13)11(14,15)7-17-6-9(16)8-4-2-1-3-5-8/h8,10H,1-7H2. The van der Waals surface area contributed by atoms with Gasteiger partial charge in [-0.3, -0.25) is 4.79 Å². The lowest BCUT2D eigenvalue weighted by Crippen LogP contribution is -2.34. The second-order valence-electron chi connectivity index (χ2n) is 4.36. The van der Waals surface area contributed by atoms with Crippen LogP contribution in [0, 0.1) is 5.92 Å². The minimum atomic E-state index is -4.17. The molecule has 2 nitrogen and oxygen atoms in total. The van der Waals surface area contributed by atoms with E-state index in [2.05, 4.69) is 4.74 Å². The van der Waals surface area contributed by atoms with Crippen molar-refractivity contribution >= 4 is 5.78 Å². The normalized spacial score (nSPS) is 18.6. The van der Waals surface area contributed by atoms with Gasteiger partial charge in [-0.05, 0) is 12.8 Å². The van der Waals surface area contributed by atoms with E-state index < -0.39 is 25.6 Å². The van der Waals surface area contributed by atoms with Crippen LogP contribution >= 0.6 is 0 Å². The average Bonchev–Trinajstić information content (AvgIpc) is 2.29. The van der Waals surface area contributed by atoms with Crippen molar-refractivity contribution in [2.45, 2.75) is 44.5 Å². The molecular formula is C11H16F4O2. The molecule has 0 heterocycles. The molecule has 0 bridgehead atoms. The van der Waals surface area contributed by atoms with Crippen molar-refractivity contribution in [3.8, 4) is 0 Å². The lowest BCUT2D eigenvalue weighted by atomic mass is 9.86. The summed E-state index contributed by atoms with van der Waals surface area (Å²) in [7, 11) is 0. The summed E-state index contributed by atoms with van der Waals surface area (Å²) in [6.45, 7) is -1.89. The minimum Gasteiger partial charge on any atom is -0.367 e. The van der Waals surface area contributed by atoms with Crippen molar-refractivity contribution < 1.29 is 27.1 Å². The Balaban J connectivity index is 2.24. The second kappa shape index (κ2) is 6.33. The van der Waals surface area contributed by atoms with E-state index in [1.807, 2.05) is 0 Å². The van der Waals surface area contributed by atoms with E-state index in [0.29, 0.717) is 0 Å². The van der Waals surface area contributed by atoms with Crippen LogP contribution in [0.1, 0.15) is 32.1 Å². The topological polar surface area (TPSA) is 26.3 Å². The van der Waals surface area contributed by atoms with Gasteiger partial charge < -0.3 is 4.74 Å². The van der Waals surface area contributed by atoms with Crippen molar-refractivity contribution in [2.24, 2.45) is 5.92 Å². The first-order valence-electron chi connectivity index (χ1n) is 5.70. The van der Waals surface area contributed by atoms with Crippen LogP contribution in [0.15, 0.2) is 0 Å². The quantitative estimate of drug-likeness (QED) is 0.683. The molecule has 0 N–H and O–H groups in total. The van der Waals surface area contributed by atoms with Crippen LogP contribution in [-0.4, -0.2) is 31.3 Å². The van der Waals surface area contributed by atoms with Crippen LogP contribution in [0.3, 0.4) is 0 Å². The molecule has 0 radical (unpaired) electrons. The summed E-state index contributed by atoms with van der Waals surface area (Å²) in [4.78, 5) is 11.5. The molecule has 6 heteroatoms. The molecule has 0 atom stereocenters. The van der Waals surface area contributed by atoms with Crippen LogP contribution < -0.4 is 0 Å². The largest absolute Gasteiger partial charge is 0.367 e. The highest BCUT2D eigenvalue weighted by Crippen LogP contribution is 2.25. The van der Waals surface area contributed by atoms with E-state index >= 15 is 0 Å². The maximum Gasteiger partial charge on any atom is 0.330 e. The van der Waals surface area contributed by atoms with Gasteiger partial charge in [-0.25, -0.2) is 8.78 Å². The maximum absolute atomic E-state index is 12.5. The average molecular weight is 256 g/mol. The van der Waals surface area contributed by atoms with Gasteiger partial charge in [-0.2, -0.15) is 8.78 Å². The number of halogens is 4.